The van der Waals surface area contributed by atoms with Gasteiger partial charge in [-0.1, -0.05) is 6.07 Å². The van der Waals surface area contributed by atoms with Crippen LogP contribution in [0.2, 0.25) is 0 Å². The molecule has 1 atom stereocenters. The Labute approximate surface area is 157 Å². The fourth-order valence-corrected chi connectivity index (χ4v) is 2.38. The number of hydrogen-bond acceptors (Lipinski definition) is 5. The van der Waals surface area contributed by atoms with Crippen molar-refractivity contribution >= 4 is 33.7 Å². The molecular formula is C18H27BrN2O4. The summed E-state index contributed by atoms with van der Waals surface area (Å²) >= 11 is 3.36. The summed E-state index contributed by atoms with van der Waals surface area (Å²) in [5.41, 5.74) is 5.89. The van der Waals surface area contributed by atoms with Crippen molar-refractivity contribution in [1.82, 2.24) is 5.32 Å². The predicted octanol–water partition coefficient (Wildman–Crippen LogP) is 3.81. The highest BCUT2D eigenvalue weighted by Gasteiger charge is 2.29. The minimum Gasteiger partial charge on any atom is -0.458 e. The zero-order valence-electron chi connectivity index (χ0n) is 15.6. The number of esters is 1. The molecule has 1 aromatic rings. The third-order valence-corrected chi connectivity index (χ3v) is 3.57. The number of carbonyl (C=O) groups is 2. The summed E-state index contributed by atoms with van der Waals surface area (Å²) in [4.78, 5) is 24.6. The van der Waals surface area contributed by atoms with Crippen molar-refractivity contribution in [3.8, 4) is 0 Å². The van der Waals surface area contributed by atoms with Gasteiger partial charge in [0.15, 0.2) is 0 Å². The molecule has 0 heterocycles. The number of hydrogen-bond donors (Lipinski definition) is 2. The first-order valence-electron chi connectivity index (χ1n) is 8.03. The zero-order chi connectivity index (χ0) is 19.4. The summed E-state index contributed by atoms with van der Waals surface area (Å²) in [7, 11) is 0. The standard InChI is InChI=1S/C18H27BrN2O4/c1-17(2,3)24-15(22)14(21-16(23)25-18(4,5)6)10-11-7-8-13(20)12(19)9-11/h7-9,14H,10,20H2,1-6H3,(H,21,23). The second kappa shape index (κ2) is 8.08. The number of ether oxygens (including phenoxy) is 2. The molecule has 0 bridgehead atoms. The lowest BCUT2D eigenvalue weighted by atomic mass is 10.1. The maximum absolute atomic E-state index is 12.5. The smallest absolute Gasteiger partial charge is 0.408 e. The van der Waals surface area contributed by atoms with Crippen LogP contribution in [0.5, 0.6) is 0 Å². The molecule has 25 heavy (non-hydrogen) atoms. The highest BCUT2D eigenvalue weighted by molar-refractivity contribution is 9.10. The minimum absolute atomic E-state index is 0.257. The molecule has 0 aliphatic heterocycles. The Bertz CT molecular complexity index is 633. The van der Waals surface area contributed by atoms with Gasteiger partial charge in [0.2, 0.25) is 0 Å². The highest BCUT2D eigenvalue weighted by atomic mass is 79.9. The van der Waals surface area contributed by atoms with Gasteiger partial charge in [-0.2, -0.15) is 0 Å². The van der Waals surface area contributed by atoms with Crippen molar-refractivity contribution in [2.45, 2.75) is 65.2 Å². The van der Waals surface area contributed by atoms with Crippen LogP contribution in [0.25, 0.3) is 0 Å². The first kappa shape index (κ1) is 21.3. The lowest BCUT2D eigenvalue weighted by Gasteiger charge is -2.26. The third-order valence-electron chi connectivity index (χ3n) is 2.89. The van der Waals surface area contributed by atoms with Crippen molar-refractivity contribution in [3.63, 3.8) is 0 Å². The number of anilines is 1. The first-order valence-corrected chi connectivity index (χ1v) is 8.82. The molecule has 0 spiro atoms. The van der Waals surface area contributed by atoms with Crippen LogP contribution in [0, 0.1) is 0 Å². The number of nitrogens with two attached hydrogens (primary N) is 1. The van der Waals surface area contributed by atoms with Gasteiger partial charge in [0.05, 0.1) is 0 Å². The summed E-state index contributed by atoms with van der Waals surface area (Å²) < 4.78 is 11.4. The maximum atomic E-state index is 12.5. The van der Waals surface area contributed by atoms with E-state index >= 15 is 0 Å². The second-order valence-corrected chi connectivity index (χ2v) is 8.65. The van der Waals surface area contributed by atoms with Crippen LogP contribution >= 0.6 is 15.9 Å². The van der Waals surface area contributed by atoms with E-state index in [9.17, 15) is 9.59 Å². The van der Waals surface area contributed by atoms with E-state index in [1.807, 2.05) is 6.07 Å². The molecule has 0 radical (unpaired) electrons. The van der Waals surface area contributed by atoms with Gasteiger partial charge in [0.25, 0.3) is 0 Å². The van der Waals surface area contributed by atoms with Gasteiger partial charge in [-0.15, -0.1) is 0 Å². The normalized spacial score (nSPS) is 13.1. The summed E-state index contributed by atoms with van der Waals surface area (Å²) in [6, 6.07) is 4.47. The number of halogens is 1. The summed E-state index contributed by atoms with van der Waals surface area (Å²) in [6.07, 6.45) is -0.412. The van der Waals surface area contributed by atoms with E-state index in [1.165, 1.54) is 0 Å². The number of rotatable bonds is 4. The number of carbonyl (C=O) groups excluding carboxylic acids is 2. The van der Waals surface area contributed by atoms with Crippen LogP contribution in [0.3, 0.4) is 0 Å². The van der Waals surface area contributed by atoms with Gasteiger partial charge >= 0.3 is 12.1 Å². The summed E-state index contributed by atoms with van der Waals surface area (Å²) in [5, 5.41) is 2.60. The predicted molar refractivity (Wildman–Crippen MR) is 101 cm³/mol. The molecule has 6 nitrogen and oxygen atoms in total. The Balaban J connectivity index is 2.95. The van der Waals surface area contributed by atoms with E-state index < -0.39 is 29.3 Å². The number of amides is 1. The van der Waals surface area contributed by atoms with Crippen LogP contribution in [0.15, 0.2) is 22.7 Å². The minimum atomic E-state index is -0.871. The molecule has 0 saturated carbocycles. The van der Waals surface area contributed by atoms with Crippen molar-refractivity contribution in [3.05, 3.63) is 28.2 Å². The van der Waals surface area contributed by atoms with E-state index in [-0.39, 0.29) is 6.42 Å². The number of nitrogen functional groups attached to an aromatic ring is 1. The zero-order valence-corrected chi connectivity index (χ0v) is 17.2. The molecule has 0 aromatic heterocycles. The molecule has 0 fully saturated rings. The Hall–Kier alpha value is -1.76. The maximum Gasteiger partial charge on any atom is 0.408 e. The van der Waals surface area contributed by atoms with Crippen molar-refractivity contribution in [1.29, 1.82) is 0 Å². The Kier molecular flexibility index (Phi) is 6.88. The highest BCUT2D eigenvalue weighted by Crippen LogP contribution is 2.22. The topological polar surface area (TPSA) is 90.6 Å². The van der Waals surface area contributed by atoms with Gasteiger partial charge in [-0.25, -0.2) is 9.59 Å². The fraction of sp³-hybridized carbons (Fsp3) is 0.556. The second-order valence-electron chi connectivity index (χ2n) is 7.79. The summed E-state index contributed by atoms with van der Waals surface area (Å²) in [5.74, 6) is -0.522. The van der Waals surface area contributed by atoms with Crippen molar-refractivity contribution in [2.75, 3.05) is 5.73 Å². The monoisotopic (exact) mass is 414 g/mol. The van der Waals surface area contributed by atoms with Crippen LogP contribution in [-0.4, -0.2) is 29.3 Å². The number of nitrogens with one attached hydrogen (secondary N) is 1. The van der Waals surface area contributed by atoms with Gasteiger partial charge in [-0.3, -0.25) is 0 Å². The molecule has 7 heteroatoms. The van der Waals surface area contributed by atoms with Crippen LogP contribution in [0.1, 0.15) is 47.1 Å². The lowest BCUT2D eigenvalue weighted by molar-refractivity contribution is -0.157. The molecule has 1 aromatic carbocycles. The van der Waals surface area contributed by atoms with E-state index in [4.69, 9.17) is 15.2 Å². The molecule has 0 aliphatic rings. The van der Waals surface area contributed by atoms with Gasteiger partial charge in [-0.05, 0) is 75.2 Å². The molecular weight excluding hydrogens is 388 g/mol. The molecule has 0 saturated heterocycles. The van der Waals surface area contributed by atoms with Crippen molar-refractivity contribution < 1.29 is 19.1 Å². The van der Waals surface area contributed by atoms with Crippen LogP contribution in [-0.2, 0) is 20.7 Å². The van der Waals surface area contributed by atoms with E-state index in [0.717, 1.165) is 10.0 Å². The van der Waals surface area contributed by atoms with Gasteiger partial charge in [0, 0.05) is 16.6 Å². The molecule has 1 rings (SSSR count). The average molecular weight is 415 g/mol. The van der Waals surface area contributed by atoms with Gasteiger partial charge in [0.1, 0.15) is 17.2 Å². The van der Waals surface area contributed by atoms with Gasteiger partial charge < -0.3 is 20.5 Å². The Morgan fingerprint density at radius 3 is 2.16 bits per heavy atom. The molecule has 1 unspecified atom stereocenters. The van der Waals surface area contributed by atoms with Crippen LogP contribution in [0.4, 0.5) is 10.5 Å². The van der Waals surface area contributed by atoms with Crippen molar-refractivity contribution in [2.24, 2.45) is 0 Å². The Morgan fingerprint density at radius 1 is 1.12 bits per heavy atom. The number of alkyl carbamates (subject to hydrolysis) is 1. The van der Waals surface area contributed by atoms with E-state index in [1.54, 1.807) is 53.7 Å². The first-order chi connectivity index (χ1) is 11.3. The SMILES string of the molecule is CC(C)(C)OC(=O)NC(Cc1ccc(N)c(Br)c1)C(=O)OC(C)(C)C. The largest absolute Gasteiger partial charge is 0.458 e. The number of benzene rings is 1. The van der Waals surface area contributed by atoms with E-state index in [2.05, 4.69) is 21.2 Å². The average Bonchev–Trinajstić information content (AvgIpc) is 2.38. The quantitative estimate of drug-likeness (QED) is 0.577. The fourth-order valence-electron chi connectivity index (χ4n) is 1.95. The lowest BCUT2D eigenvalue weighted by Crippen LogP contribution is -2.47. The third kappa shape index (κ3) is 8.25. The Morgan fingerprint density at radius 2 is 1.68 bits per heavy atom. The molecule has 140 valence electrons. The summed E-state index contributed by atoms with van der Waals surface area (Å²) in [6.45, 7) is 10.6. The van der Waals surface area contributed by atoms with Crippen LogP contribution < -0.4 is 11.1 Å². The molecule has 1 amide bonds. The molecule has 0 aliphatic carbocycles. The molecule has 3 N–H and O–H groups in total. The van der Waals surface area contributed by atoms with E-state index in [0.29, 0.717) is 5.69 Å².